The first-order chi connectivity index (χ1) is 18.6. The van der Waals surface area contributed by atoms with Gasteiger partial charge in [-0.25, -0.2) is 9.59 Å². The van der Waals surface area contributed by atoms with Gasteiger partial charge in [0.2, 0.25) is 0 Å². The quantitative estimate of drug-likeness (QED) is 0.0518. The summed E-state index contributed by atoms with van der Waals surface area (Å²) in [5.41, 5.74) is 0.486. The third kappa shape index (κ3) is 14.3. The molecule has 0 N–H and O–H groups in total. The lowest BCUT2D eigenvalue weighted by Gasteiger charge is -2.08. The monoisotopic (exact) mass is 540 g/mol. The normalized spacial score (nSPS) is 10.7. The Labute approximate surface area is 233 Å². The number of rotatable bonds is 21. The van der Waals surface area contributed by atoms with Crippen molar-refractivity contribution < 1.29 is 23.8 Å². The van der Waals surface area contributed by atoms with Crippen LogP contribution in [0.2, 0.25) is 0 Å². The molecule has 0 saturated heterocycles. The number of carbonyl (C=O) groups excluding carboxylic acids is 2. The molecule has 0 fully saturated rings. The maximum atomic E-state index is 12.5. The third-order valence-electron chi connectivity index (χ3n) is 6.11. The van der Waals surface area contributed by atoms with E-state index in [1.54, 1.807) is 24.3 Å². The summed E-state index contributed by atoms with van der Waals surface area (Å²) in [5, 5.41) is 0. The average molecular weight is 541 g/mol. The van der Waals surface area contributed by atoms with Gasteiger partial charge in [0, 0.05) is 11.0 Å². The summed E-state index contributed by atoms with van der Waals surface area (Å²) in [6.07, 6.45) is 15.5. The number of thioether (sulfide) groups is 1. The van der Waals surface area contributed by atoms with E-state index in [4.69, 9.17) is 14.2 Å². The van der Waals surface area contributed by atoms with Crippen molar-refractivity contribution in [3.8, 4) is 11.5 Å². The van der Waals surface area contributed by atoms with Gasteiger partial charge in [0.1, 0.15) is 11.5 Å². The molecule has 0 aliphatic rings. The molecule has 0 amide bonds. The second kappa shape index (κ2) is 20.3. The topological polar surface area (TPSA) is 61.8 Å². The number of ether oxygens (including phenoxy) is 3. The van der Waals surface area contributed by atoms with Crippen molar-refractivity contribution in [2.24, 2.45) is 0 Å². The minimum Gasteiger partial charge on any atom is -0.494 e. The van der Waals surface area contributed by atoms with Crippen LogP contribution in [0.15, 0.2) is 66.1 Å². The molecule has 0 spiro atoms. The van der Waals surface area contributed by atoms with Crippen LogP contribution in [0.4, 0.5) is 0 Å². The van der Waals surface area contributed by atoms with Crippen LogP contribution < -0.4 is 9.47 Å². The highest BCUT2D eigenvalue weighted by molar-refractivity contribution is 7.99. The zero-order chi connectivity index (χ0) is 27.3. The number of carbonyl (C=O) groups is 2. The van der Waals surface area contributed by atoms with Crippen LogP contribution in [0, 0.1) is 0 Å². The molecule has 38 heavy (non-hydrogen) atoms. The second-order valence-corrected chi connectivity index (χ2v) is 10.5. The van der Waals surface area contributed by atoms with Gasteiger partial charge in [-0.3, -0.25) is 0 Å². The Balaban J connectivity index is 1.58. The van der Waals surface area contributed by atoms with Crippen molar-refractivity contribution in [1.29, 1.82) is 0 Å². The predicted molar refractivity (Wildman–Crippen MR) is 156 cm³/mol. The van der Waals surface area contributed by atoms with Crippen LogP contribution in [0.5, 0.6) is 11.5 Å². The van der Waals surface area contributed by atoms with Gasteiger partial charge in [-0.1, -0.05) is 58.4 Å². The molecule has 6 heteroatoms. The molecule has 0 atom stereocenters. The maximum absolute atomic E-state index is 12.5. The minimum atomic E-state index is -0.381. The fourth-order valence-corrected chi connectivity index (χ4v) is 4.78. The van der Waals surface area contributed by atoms with E-state index in [2.05, 4.69) is 13.5 Å². The number of hydrogen-bond donors (Lipinski definition) is 0. The molecule has 0 bridgehead atoms. The predicted octanol–water partition coefficient (Wildman–Crippen LogP) is 8.81. The van der Waals surface area contributed by atoms with Crippen molar-refractivity contribution in [2.45, 2.75) is 88.9 Å². The molecular weight excluding hydrogens is 496 g/mol. The Morgan fingerprint density at radius 1 is 0.737 bits per heavy atom. The van der Waals surface area contributed by atoms with Crippen LogP contribution in [-0.2, 0) is 9.53 Å². The maximum Gasteiger partial charge on any atom is 0.343 e. The van der Waals surface area contributed by atoms with Gasteiger partial charge in [0.15, 0.2) is 0 Å². The molecular formula is C32H44O5S. The molecule has 2 aromatic rings. The molecule has 208 valence electrons. The van der Waals surface area contributed by atoms with Crippen LogP contribution in [0.25, 0.3) is 0 Å². The van der Waals surface area contributed by atoms with Gasteiger partial charge in [-0.05, 0) is 86.4 Å². The smallest absolute Gasteiger partial charge is 0.343 e. The SMILES string of the molecule is C=CC(=O)OCCCCCCOc1ccc(C(=O)Oc2ccc(SCCCCCCCCCC)cc2)cc1. The lowest BCUT2D eigenvalue weighted by atomic mass is 10.1. The second-order valence-electron chi connectivity index (χ2n) is 9.34. The first kappa shape index (κ1) is 31.5. The summed E-state index contributed by atoms with van der Waals surface area (Å²) in [6, 6.07) is 14.8. The largest absolute Gasteiger partial charge is 0.494 e. The Hall–Kier alpha value is -2.73. The van der Waals surface area contributed by atoms with E-state index < -0.39 is 0 Å². The molecule has 0 aliphatic carbocycles. The Morgan fingerprint density at radius 3 is 1.97 bits per heavy atom. The Bertz CT molecular complexity index is 924. The molecule has 0 aliphatic heterocycles. The Morgan fingerprint density at radius 2 is 1.32 bits per heavy atom. The fraction of sp³-hybridized carbons (Fsp3) is 0.500. The summed E-state index contributed by atoms with van der Waals surface area (Å²) in [6.45, 7) is 6.64. The summed E-state index contributed by atoms with van der Waals surface area (Å²) in [7, 11) is 0. The zero-order valence-corrected chi connectivity index (χ0v) is 23.8. The molecule has 5 nitrogen and oxygen atoms in total. The summed E-state index contributed by atoms with van der Waals surface area (Å²) >= 11 is 1.86. The number of esters is 2. The molecule has 0 heterocycles. The van der Waals surface area contributed by atoms with E-state index in [0.29, 0.717) is 24.5 Å². The molecule has 0 saturated carbocycles. The first-order valence-electron chi connectivity index (χ1n) is 14.1. The highest BCUT2D eigenvalue weighted by atomic mass is 32.2. The zero-order valence-electron chi connectivity index (χ0n) is 23.0. The van der Waals surface area contributed by atoms with Gasteiger partial charge in [-0.15, -0.1) is 11.8 Å². The van der Waals surface area contributed by atoms with E-state index in [1.165, 1.54) is 62.3 Å². The summed E-state index contributed by atoms with van der Waals surface area (Å²) in [4.78, 5) is 24.7. The number of unbranched alkanes of at least 4 members (excludes halogenated alkanes) is 10. The molecule has 2 rings (SSSR count). The lowest BCUT2D eigenvalue weighted by Crippen LogP contribution is -2.08. The average Bonchev–Trinajstić information content (AvgIpc) is 2.94. The van der Waals surface area contributed by atoms with E-state index in [-0.39, 0.29) is 11.9 Å². The van der Waals surface area contributed by atoms with Gasteiger partial charge >= 0.3 is 11.9 Å². The third-order valence-corrected chi connectivity index (χ3v) is 7.21. The van der Waals surface area contributed by atoms with Crippen LogP contribution in [0.3, 0.4) is 0 Å². The molecule has 0 aromatic heterocycles. The van der Waals surface area contributed by atoms with Gasteiger partial charge in [0.25, 0.3) is 0 Å². The summed E-state index contributed by atoms with van der Waals surface area (Å²) < 4.78 is 16.2. The standard InChI is InChI=1S/C32H44O5S/c1-3-5-6-7-8-9-12-15-26-38-30-22-20-29(21-23-30)37-32(34)27-16-18-28(19-17-27)35-24-13-10-11-14-25-36-31(33)4-2/h4,16-23H,2-3,5-15,24-26H2,1H3. The highest BCUT2D eigenvalue weighted by Gasteiger charge is 2.09. The Kier molecular flexibility index (Phi) is 16.8. The van der Waals surface area contributed by atoms with Crippen LogP contribution in [-0.4, -0.2) is 30.9 Å². The van der Waals surface area contributed by atoms with Gasteiger partial charge in [0.05, 0.1) is 18.8 Å². The minimum absolute atomic E-state index is 0.378. The number of hydrogen-bond acceptors (Lipinski definition) is 6. The van der Waals surface area contributed by atoms with E-state index in [1.807, 2.05) is 36.0 Å². The van der Waals surface area contributed by atoms with Crippen molar-refractivity contribution in [2.75, 3.05) is 19.0 Å². The summed E-state index contributed by atoms with van der Waals surface area (Å²) in [5.74, 6) is 1.63. The molecule has 2 aromatic carbocycles. The number of benzene rings is 2. The van der Waals surface area contributed by atoms with Gasteiger partial charge in [-0.2, -0.15) is 0 Å². The lowest BCUT2D eigenvalue weighted by molar-refractivity contribution is -0.137. The van der Waals surface area contributed by atoms with Gasteiger partial charge < -0.3 is 14.2 Å². The fourth-order valence-electron chi connectivity index (χ4n) is 3.86. The van der Waals surface area contributed by atoms with Crippen LogP contribution in [0.1, 0.15) is 94.3 Å². The van der Waals surface area contributed by atoms with Crippen molar-refractivity contribution in [3.63, 3.8) is 0 Å². The van der Waals surface area contributed by atoms with E-state index in [0.717, 1.165) is 37.2 Å². The highest BCUT2D eigenvalue weighted by Crippen LogP contribution is 2.24. The van der Waals surface area contributed by atoms with Crippen LogP contribution >= 0.6 is 11.8 Å². The first-order valence-corrected chi connectivity index (χ1v) is 15.1. The van der Waals surface area contributed by atoms with Crippen molar-refractivity contribution in [3.05, 3.63) is 66.7 Å². The van der Waals surface area contributed by atoms with E-state index in [9.17, 15) is 9.59 Å². The van der Waals surface area contributed by atoms with Crippen molar-refractivity contribution in [1.82, 2.24) is 0 Å². The molecule has 0 unspecified atom stereocenters. The van der Waals surface area contributed by atoms with E-state index >= 15 is 0 Å². The molecule has 0 radical (unpaired) electrons. The van der Waals surface area contributed by atoms with Crippen molar-refractivity contribution >= 4 is 23.7 Å².